The number of rotatable bonds is 7. The molecule has 6 heteroatoms. The molecule has 0 amide bonds. The van der Waals surface area contributed by atoms with Crippen LogP contribution in [-0.2, 0) is 4.79 Å². The molecule has 1 aromatic rings. The number of ether oxygens (including phenoxy) is 2. The lowest BCUT2D eigenvalue weighted by molar-refractivity contribution is -0.137. The summed E-state index contributed by atoms with van der Waals surface area (Å²) in [6.45, 7) is 0.684. The van der Waals surface area contributed by atoms with Crippen LogP contribution >= 0.6 is 15.9 Å². The molecule has 1 saturated carbocycles. The van der Waals surface area contributed by atoms with Crippen molar-refractivity contribution < 1.29 is 19.4 Å². The zero-order valence-electron chi connectivity index (χ0n) is 11.3. The Morgan fingerprint density at radius 2 is 2.20 bits per heavy atom. The molecule has 20 heavy (non-hydrogen) atoms. The first-order valence-corrected chi connectivity index (χ1v) is 7.28. The van der Waals surface area contributed by atoms with Crippen molar-refractivity contribution in [3.8, 4) is 11.5 Å². The van der Waals surface area contributed by atoms with Crippen LogP contribution in [0.25, 0.3) is 0 Å². The maximum absolute atomic E-state index is 10.7. The number of carboxylic acid groups (broad SMARTS) is 1. The Balaban J connectivity index is 2.18. The van der Waals surface area contributed by atoms with Crippen LogP contribution in [0.15, 0.2) is 16.6 Å². The average molecular weight is 344 g/mol. The van der Waals surface area contributed by atoms with Crippen molar-refractivity contribution in [3.63, 3.8) is 0 Å². The summed E-state index contributed by atoms with van der Waals surface area (Å²) in [5, 5.41) is 8.82. The fourth-order valence-corrected chi connectivity index (χ4v) is 2.51. The highest BCUT2D eigenvalue weighted by molar-refractivity contribution is 9.10. The third-order valence-corrected chi connectivity index (χ3v) is 3.94. The van der Waals surface area contributed by atoms with Crippen LogP contribution in [0.4, 0.5) is 0 Å². The van der Waals surface area contributed by atoms with Crippen LogP contribution in [0.3, 0.4) is 0 Å². The summed E-state index contributed by atoms with van der Waals surface area (Å²) in [5.41, 5.74) is 6.59. The van der Waals surface area contributed by atoms with E-state index in [4.69, 9.17) is 20.3 Å². The Kier molecular flexibility index (Phi) is 4.88. The number of aliphatic carboxylic acids is 1. The SMILES string of the molecule is COc1cc(C(N)CC(=O)O)c(Br)cc1OCC1CC1. The summed E-state index contributed by atoms with van der Waals surface area (Å²) in [7, 11) is 1.56. The van der Waals surface area contributed by atoms with E-state index in [1.165, 1.54) is 12.8 Å². The summed E-state index contributed by atoms with van der Waals surface area (Å²) >= 11 is 3.42. The molecule has 1 fully saturated rings. The Labute approximate surface area is 126 Å². The summed E-state index contributed by atoms with van der Waals surface area (Å²) < 4.78 is 11.8. The lowest BCUT2D eigenvalue weighted by atomic mass is 10.0. The number of carboxylic acids is 1. The van der Waals surface area contributed by atoms with E-state index in [0.29, 0.717) is 29.6 Å². The Morgan fingerprint density at radius 3 is 2.75 bits per heavy atom. The molecule has 0 radical (unpaired) electrons. The van der Waals surface area contributed by atoms with E-state index >= 15 is 0 Å². The van der Waals surface area contributed by atoms with Gasteiger partial charge in [-0.2, -0.15) is 0 Å². The second kappa shape index (κ2) is 6.45. The summed E-state index contributed by atoms with van der Waals surface area (Å²) in [4.78, 5) is 10.7. The largest absolute Gasteiger partial charge is 0.493 e. The van der Waals surface area contributed by atoms with Crippen molar-refractivity contribution in [2.75, 3.05) is 13.7 Å². The number of methoxy groups -OCH3 is 1. The van der Waals surface area contributed by atoms with Crippen LogP contribution in [0, 0.1) is 5.92 Å². The van der Waals surface area contributed by atoms with Gasteiger partial charge in [0.2, 0.25) is 0 Å². The zero-order chi connectivity index (χ0) is 14.7. The Hall–Kier alpha value is -1.27. The Bertz CT molecular complexity index is 502. The molecule has 0 heterocycles. The predicted molar refractivity (Wildman–Crippen MR) is 78.1 cm³/mol. The molecule has 1 aliphatic carbocycles. The summed E-state index contributed by atoms with van der Waals surface area (Å²) in [6.07, 6.45) is 2.29. The van der Waals surface area contributed by atoms with Crippen LogP contribution in [0.5, 0.6) is 11.5 Å². The molecule has 0 bridgehead atoms. The minimum Gasteiger partial charge on any atom is -0.493 e. The van der Waals surface area contributed by atoms with Crippen molar-refractivity contribution in [2.45, 2.75) is 25.3 Å². The minimum absolute atomic E-state index is 0.135. The van der Waals surface area contributed by atoms with E-state index in [-0.39, 0.29) is 6.42 Å². The molecule has 0 saturated heterocycles. The first kappa shape index (κ1) is 15.1. The molecule has 110 valence electrons. The highest BCUT2D eigenvalue weighted by Crippen LogP contribution is 2.38. The number of halogens is 1. The van der Waals surface area contributed by atoms with Gasteiger partial charge >= 0.3 is 5.97 Å². The van der Waals surface area contributed by atoms with E-state index in [9.17, 15) is 4.79 Å². The van der Waals surface area contributed by atoms with Crippen LogP contribution < -0.4 is 15.2 Å². The topological polar surface area (TPSA) is 81.8 Å². The van der Waals surface area contributed by atoms with Crippen LogP contribution in [0.2, 0.25) is 0 Å². The van der Waals surface area contributed by atoms with Gasteiger partial charge < -0.3 is 20.3 Å². The predicted octanol–water partition coefficient (Wildman–Crippen LogP) is 2.72. The minimum atomic E-state index is -0.933. The smallest absolute Gasteiger partial charge is 0.305 e. The molecule has 0 spiro atoms. The molecule has 0 aliphatic heterocycles. The maximum atomic E-state index is 10.7. The second-order valence-electron chi connectivity index (χ2n) is 4.98. The van der Waals surface area contributed by atoms with Crippen molar-refractivity contribution in [1.29, 1.82) is 0 Å². The highest BCUT2D eigenvalue weighted by atomic mass is 79.9. The number of carbonyl (C=O) groups is 1. The normalized spacial score (nSPS) is 15.8. The number of benzene rings is 1. The molecule has 3 N–H and O–H groups in total. The molecule has 1 aliphatic rings. The van der Waals surface area contributed by atoms with Gasteiger partial charge in [0.15, 0.2) is 11.5 Å². The van der Waals surface area contributed by atoms with Gasteiger partial charge in [-0.3, -0.25) is 4.79 Å². The highest BCUT2D eigenvalue weighted by Gasteiger charge is 2.23. The standard InChI is InChI=1S/C14H18BrNO4/c1-19-12-4-9(11(16)6-14(17)18)10(15)5-13(12)20-7-8-2-3-8/h4-5,8,11H,2-3,6-7,16H2,1H3,(H,17,18). The Morgan fingerprint density at radius 1 is 1.50 bits per heavy atom. The van der Waals surface area contributed by atoms with Gasteiger partial charge in [-0.05, 0) is 36.5 Å². The lowest BCUT2D eigenvalue weighted by Gasteiger charge is -2.16. The van der Waals surface area contributed by atoms with Crippen molar-refractivity contribution in [3.05, 3.63) is 22.2 Å². The van der Waals surface area contributed by atoms with E-state index in [2.05, 4.69) is 15.9 Å². The number of hydrogen-bond acceptors (Lipinski definition) is 4. The van der Waals surface area contributed by atoms with Crippen LogP contribution in [-0.4, -0.2) is 24.8 Å². The molecule has 5 nitrogen and oxygen atoms in total. The van der Waals surface area contributed by atoms with Gasteiger partial charge in [0.1, 0.15) is 0 Å². The fourth-order valence-electron chi connectivity index (χ4n) is 1.90. The third-order valence-electron chi connectivity index (χ3n) is 3.25. The molecule has 1 unspecified atom stereocenters. The summed E-state index contributed by atoms with van der Waals surface area (Å²) in [6, 6.07) is 2.94. The molecule has 1 aromatic carbocycles. The lowest BCUT2D eigenvalue weighted by Crippen LogP contribution is -2.16. The van der Waals surface area contributed by atoms with Gasteiger partial charge in [0.05, 0.1) is 20.1 Å². The maximum Gasteiger partial charge on any atom is 0.305 e. The van der Waals surface area contributed by atoms with Gasteiger partial charge in [-0.15, -0.1) is 0 Å². The van der Waals surface area contributed by atoms with Gasteiger partial charge in [0, 0.05) is 10.5 Å². The molecule has 0 aromatic heterocycles. The number of nitrogens with two attached hydrogens (primary N) is 1. The average Bonchev–Trinajstić information content (AvgIpc) is 3.19. The first-order chi connectivity index (χ1) is 9.51. The first-order valence-electron chi connectivity index (χ1n) is 6.49. The quantitative estimate of drug-likeness (QED) is 0.795. The van der Waals surface area contributed by atoms with Crippen molar-refractivity contribution in [2.24, 2.45) is 11.7 Å². The van der Waals surface area contributed by atoms with Gasteiger partial charge in [-0.1, -0.05) is 15.9 Å². The second-order valence-corrected chi connectivity index (χ2v) is 5.84. The van der Waals surface area contributed by atoms with Gasteiger partial charge in [0.25, 0.3) is 0 Å². The molecule has 1 atom stereocenters. The van der Waals surface area contributed by atoms with Crippen molar-refractivity contribution in [1.82, 2.24) is 0 Å². The van der Waals surface area contributed by atoms with Gasteiger partial charge in [-0.25, -0.2) is 0 Å². The zero-order valence-corrected chi connectivity index (χ0v) is 12.9. The third kappa shape index (κ3) is 3.86. The van der Waals surface area contributed by atoms with E-state index < -0.39 is 12.0 Å². The molecular formula is C14H18BrNO4. The molecular weight excluding hydrogens is 326 g/mol. The van der Waals surface area contributed by atoms with E-state index in [1.807, 2.05) is 0 Å². The monoisotopic (exact) mass is 343 g/mol. The van der Waals surface area contributed by atoms with E-state index in [0.717, 1.165) is 4.47 Å². The summed E-state index contributed by atoms with van der Waals surface area (Å²) in [5.74, 6) is 0.937. The number of hydrogen-bond donors (Lipinski definition) is 2. The fraction of sp³-hybridized carbons (Fsp3) is 0.500. The van der Waals surface area contributed by atoms with Crippen LogP contribution in [0.1, 0.15) is 30.9 Å². The molecule has 2 rings (SSSR count). The van der Waals surface area contributed by atoms with E-state index in [1.54, 1.807) is 19.2 Å². The van der Waals surface area contributed by atoms with Crippen molar-refractivity contribution >= 4 is 21.9 Å².